The summed E-state index contributed by atoms with van der Waals surface area (Å²) in [6.45, 7) is 2.42. The van der Waals surface area contributed by atoms with E-state index in [9.17, 15) is 9.59 Å². The Hall–Kier alpha value is -1.91. The van der Waals surface area contributed by atoms with Crippen molar-refractivity contribution < 1.29 is 14.7 Å². The van der Waals surface area contributed by atoms with Gasteiger partial charge in [0, 0.05) is 25.5 Å². The van der Waals surface area contributed by atoms with Crippen LogP contribution >= 0.6 is 0 Å². The van der Waals surface area contributed by atoms with Crippen molar-refractivity contribution in [2.45, 2.75) is 13.3 Å². The van der Waals surface area contributed by atoms with E-state index in [-0.39, 0.29) is 12.5 Å². The first-order valence-corrected chi connectivity index (χ1v) is 5.46. The lowest BCUT2D eigenvalue weighted by molar-refractivity contribution is -0.147. The van der Waals surface area contributed by atoms with Gasteiger partial charge in [0.2, 0.25) is 0 Å². The standard InChI is InChI=1S/C12H14N2O3/c1-12(11(16)17)4-6-14(8-12)10(15)9-3-2-5-13-7-9/h2-3,5,7H,4,6,8H2,1H3,(H,16,17). The third kappa shape index (κ3) is 2.13. The number of carboxylic acid groups (broad SMARTS) is 1. The van der Waals surface area contributed by atoms with E-state index in [0.717, 1.165) is 0 Å². The van der Waals surface area contributed by atoms with Crippen LogP contribution in [0, 0.1) is 5.41 Å². The van der Waals surface area contributed by atoms with Crippen LogP contribution in [0.3, 0.4) is 0 Å². The molecule has 1 aliphatic heterocycles. The van der Waals surface area contributed by atoms with Crippen molar-refractivity contribution in [1.29, 1.82) is 0 Å². The van der Waals surface area contributed by atoms with E-state index in [0.29, 0.717) is 18.5 Å². The Balaban J connectivity index is 2.12. The third-order valence-electron chi connectivity index (χ3n) is 3.19. The molecule has 2 heterocycles. The van der Waals surface area contributed by atoms with Crippen LogP contribution in [0.15, 0.2) is 24.5 Å². The highest BCUT2D eigenvalue weighted by Gasteiger charge is 2.42. The Morgan fingerprint density at radius 3 is 2.82 bits per heavy atom. The van der Waals surface area contributed by atoms with Crippen molar-refractivity contribution in [2.75, 3.05) is 13.1 Å². The van der Waals surface area contributed by atoms with E-state index in [2.05, 4.69) is 4.98 Å². The number of likely N-dealkylation sites (tertiary alicyclic amines) is 1. The molecule has 1 N–H and O–H groups in total. The minimum Gasteiger partial charge on any atom is -0.481 e. The Labute approximate surface area is 99.1 Å². The summed E-state index contributed by atoms with van der Waals surface area (Å²) < 4.78 is 0. The fraction of sp³-hybridized carbons (Fsp3) is 0.417. The Morgan fingerprint density at radius 2 is 2.29 bits per heavy atom. The lowest BCUT2D eigenvalue weighted by atomic mass is 9.90. The topological polar surface area (TPSA) is 70.5 Å². The van der Waals surface area contributed by atoms with Crippen LogP contribution in [0.25, 0.3) is 0 Å². The molecule has 2 rings (SSSR count). The van der Waals surface area contributed by atoms with Gasteiger partial charge in [-0.25, -0.2) is 0 Å². The number of carbonyl (C=O) groups is 2. The molecule has 0 aliphatic carbocycles. The van der Waals surface area contributed by atoms with Crippen molar-refractivity contribution in [1.82, 2.24) is 9.88 Å². The van der Waals surface area contributed by atoms with Gasteiger partial charge in [-0.1, -0.05) is 0 Å². The fourth-order valence-electron chi connectivity index (χ4n) is 1.98. The smallest absolute Gasteiger partial charge is 0.311 e. The molecule has 1 atom stereocenters. The molecule has 1 saturated heterocycles. The number of pyridine rings is 1. The number of hydrogen-bond acceptors (Lipinski definition) is 3. The molecule has 5 heteroatoms. The zero-order chi connectivity index (χ0) is 12.5. The summed E-state index contributed by atoms with van der Waals surface area (Å²) in [5.41, 5.74) is -0.320. The second-order valence-corrected chi connectivity index (χ2v) is 4.58. The quantitative estimate of drug-likeness (QED) is 0.829. The summed E-state index contributed by atoms with van der Waals surface area (Å²) >= 11 is 0. The molecular weight excluding hydrogens is 220 g/mol. The van der Waals surface area contributed by atoms with E-state index in [1.807, 2.05) is 0 Å². The summed E-state index contributed by atoms with van der Waals surface area (Å²) in [6.07, 6.45) is 3.59. The number of carbonyl (C=O) groups excluding carboxylic acids is 1. The predicted octanol–water partition coefficient (Wildman–Crippen LogP) is 1.02. The molecule has 90 valence electrons. The molecule has 0 saturated carbocycles. The minimum absolute atomic E-state index is 0.150. The molecule has 5 nitrogen and oxygen atoms in total. The van der Waals surface area contributed by atoms with Crippen LogP contribution in [-0.4, -0.2) is 40.0 Å². The largest absolute Gasteiger partial charge is 0.481 e. The highest BCUT2D eigenvalue weighted by atomic mass is 16.4. The van der Waals surface area contributed by atoms with Crippen molar-refractivity contribution in [3.05, 3.63) is 30.1 Å². The van der Waals surface area contributed by atoms with E-state index in [1.54, 1.807) is 30.2 Å². The van der Waals surface area contributed by atoms with Gasteiger partial charge in [-0.2, -0.15) is 0 Å². The van der Waals surface area contributed by atoms with Crippen LogP contribution < -0.4 is 0 Å². The SMILES string of the molecule is CC1(C(=O)O)CCN(C(=O)c2cccnc2)C1. The number of carboxylic acids is 1. The third-order valence-corrected chi connectivity index (χ3v) is 3.19. The zero-order valence-electron chi connectivity index (χ0n) is 9.59. The van der Waals surface area contributed by atoms with Gasteiger partial charge in [0.15, 0.2) is 0 Å². The zero-order valence-corrected chi connectivity index (χ0v) is 9.59. The van der Waals surface area contributed by atoms with E-state index >= 15 is 0 Å². The van der Waals surface area contributed by atoms with Gasteiger partial charge in [-0.3, -0.25) is 14.6 Å². The molecule has 1 aliphatic rings. The highest BCUT2D eigenvalue weighted by Crippen LogP contribution is 2.30. The van der Waals surface area contributed by atoms with Crippen LogP contribution in [0.2, 0.25) is 0 Å². The molecule has 0 spiro atoms. The number of hydrogen-bond donors (Lipinski definition) is 1. The maximum atomic E-state index is 12.1. The van der Waals surface area contributed by atoms with Crippen molar-refractivity contribution >= 4 is 11.9 Å². The Kier molecular flexibility index (Phi) is 2.83. The van der Waals surface area contributed by atoms with Gasteiger partial charge in [0.05, 0.1) is 11.0 Å². The average Bonchev–Trinajstić information content (AvgIpc) is 2.74. The first-order chi connectivity index (χ1) is 8.03. The van der Waals surface area contributed by atoms with Gasteiger partial charge in [0.1, 0.15) is 0 Å². The maximum absolute atomic E-state index is 12.1. The number of rotatable bonds is 2. The van der Waals surface area contributed by atoms with E-state index < -0.39 is 11.4 Å². The Morgan fingerprint density at radius 1 is 1.53 bits per heavy atom. The molecule has 0 bridgehead atoms. The molecular formula is C12H14N2O3. The van der Waals surface area contributed by atoms with E-state index in [4.69, 9.17) is 5.11 Å². The fourth-order valence-corrected chi connectivity index (χ4v) is 1.98. The van der Waals surface area contributed by atoms with Gasteiger partial charge in [0.25, 0.3) is 5.91 Å². The molecule has 17 heavy (non-hydrogen) atoms. The molecule has 1 aromatic heterocycles. The van der Waals surface area contributed by atoms with E-state index in [1.165, 1.54) is 6.20 Å². The summed E-state index contributed by atoms with van der Waals surface area (Å²) in [5.74, 6) is -0.998. The van der Waals surface area contributed by atoms with Crippen LogP contribution in [-0.2, 0) is 4.79 Å². The van der Waals surface area contributed by atoms with Crippen molar-refractivity contribution in [2.24, 2.45) is 5.41 Å². The van der Waals surface area contributed by atoms with Crippen LogP contribution in [0.1, 0.15) is 23.7 Å². The average molecular weight is 234 g/mol. The predicted molar refractivity (Wildman–Crippen MR) is 60.5 cm³/mol. The van der Waals surface area contributed by atoms with Gasteiger partial charge < -0.3 is 10.0 Å². The highest BCUT2D eigenvalue weighted by molar-refractivity contribution is 5.94. The number of nitrogens with zero attached hydrogens (tertiary/aromatic N) is 2. The summed E-state index contributed by atoms with van der Waals surface area (Å²) in [6, 6.07) is 3.38. The molecule has 1 unspecified atom stereocenters. The molecule has 1 amide bonds. The number of aromatic nitrogens is 1. The second kappa shape index (κ2) is 4.16. The normalized spacial score (nSPS) is 23.7. The van der Waals surface area contributed by atoms with Crippen molar-refractivity contribution in [3.63, 3.8) is 0 Å². The van der Waals surface area contributed by atoms with Crippen LogP contribution in [0.4, 0.5) is 0 Å². The molecule has 1 fully saturated rings. The second-order valence-electron chi connectivity index (χ2n) is 4.58. The van der Waals surface area contributed by atoms with Gasteiger partial charge in [-0.05, 0) is 25.5 Å². The molecule has 0 aromatic carbocycles. The minimum atomic E-state index is -0.848. The lowest BCUT2D eigenvalue weighted by Crippen LogP contribution is -2.34. The number of amides is 1. The number of aliphatic carboxylic acids is 1. The Bertz CT molecular complexity index is 446. The summed E-state index contributed by atoms with van der Waals surface area (Å²) in [7, 11) is 0. The van der Waals surface area contributed by atoms with Gasteiger partial charge in [-0.15, -0.1) is 0 Å². The van der Waals surface area contributed by atoms with Crippen LogP contribution in [0.5, 0.6) is 0 Å². The molecule has 1 aromatic rings. The van der Waals surface area contributed by atoms with Gasteiger partial charge >= 0.3 is 5.97 Å². The maximum Gasteiger partial charge on any atom is 0.311 e. The molecule has 0 radical (unpaired) electrons. The summed E-state index contributed by atoms with van der Waals surface area (Å²) in [4.78, 5) is 28.6. The first kappa shape index (κ1) is 11.6. The summed E-state index contributed by atoms with van der Waals surface area (Å²) in [5, 5.41) is 9.09. The van der Waals surface area contributed by atoms with Crippen molar-refractivity contribution in [3.8, 4) is 0 Å². The first-order valence-electron chi connectivity index (χ1n) is 5.46. The monoisotopic (exact) mass is 234 g/mol. The lowest BCUT2D eigenvalue weighted by Gasteiger charge is -2.20.